The first-order chi connectivity index (χ1) is 6.65. The number of sulfonamides is 2. The van der Waals surface area contributed by atoms with E-state index in [4.69, 9.17) is 0 Å². The number of rotatable bonds is 2. The Morgan fingerprint density at radius 1 is 0.750 bits per heavy atom. The average Bonchev–Trinajstić information content (AvgIpc) is 1.98. The predicted molar refractivity (Wildman–Crippen MR) is 34.3 cm³/mol. The third kappa shape index (κ3) is 2.38. The number of quaternary nitrogens is 1. The summed E-state index contributed by atoms with van der Waals surface area (Å²) >= 11 is 0. The van der Waals surface area contributed by atoms with Crippen LogP contribution in [-0.2, 0) is 20.0 Å². The number of hydrogen-bond acceptors (Lipinski definition) is 5. The Bertz CT molecular complexity index is 412. The summed E-state index contributed by atoms with van der Waals surface area (Å²) in [6, 6.07) is 0. The molecule has 0 aliphatic carbocycles. The fourth-order valence-corrected chi connectivity index (χ4v) is 2.43. The van der Waals surface area contributed by atoms with Gasteiger partial charge in [-0.15, -0.1) is 3.87 Å². The fourth-order valence-electron chi connectivity index (χ4n) is 0.333. The molecule has 0 atom stereocenters. The summed E-state index contributed by atoms with van der Waals surface area (Å²) in [5.41, 5.74) is -12.8. The van der Waals surface area contributed by atoms with Gasteiger partial charge in [-0.25, -0.2) is 0 Å². The van der Waals surface area contributed by atoms with Crippen molar-refractivity contribution < 1.29 is 47.1 Å². The molecule has 0 saturated carbocycles. The van der Waals surface area contributed by atoms with Crippen LogP contribution in [0.3, 0.4) is 0 Å². The quantitative estimate of drug-likeness (QED) is 0.524. The smallest absolute Gasteiger partial charge is 0.550 e. The van der Waals surface area contributed by atoms with Gasteiger partial charge in [-0.2, -0.15) is 43.2 Å². The van der Waals surface area contributed by atoms with Crippen LogP contribution in [0.4, 0.5) is 26.3 Å². The molecule has 6 nitrogen and oxygen atoms in total. The Kier molecular flexibility index (Phi) is 3.57. The highest BCUT2D eigenvalue weighted by Crippen LogP contribution is 2.24. The molecule has 0 aromatic rings. The van der Waals surface area contributed by atoms with Crippen molar-refractivity contribution in [3.8, 4) is 0 Å². The van der Waals surface area contributed by atoms with E-state index < -0.39 is 34.9 Å². The second-order valence-electron chi connectivity index (χ2n) is 2.15. The minimum Gasteiger partial charge on any atom is -0.602 e. The normalized spacial score (nSPS) is 15.5. The summed E-state index contributed by atoms with van der Waals surface area (Å²) in [5, 5.41) is 10.2. The molecule has 0 amide bonds. The topological polar surface area (TPSA) is 95.8 Å². The minimum absolute atomic E-state index is 3.94. The largest absolute Gasteiger partial charge is 0.602 e. The van der Waals surface area contributed by atoms with E-state index in [0.717, 1.165) is 0 Å². The van der Waals surface area contributed by atoms with Gasteiger partial charge in [0, 0.05) is 0 Å². The lowest BCUT2D eigenvalue weighted by molar-refractivity contribution is -0.561. The van der Waals surface area contributed by atoms with E-state index in [1.807, 2.05) is 0 Å². The highest BCUT2D eigenvalue weighted by molar-refractivity contribution is 7.97. The number of alkyl halides is 6. The van der Waals surface area contributed by atoms with Gasteiger partial charge >= 0.3 is 31.1 Å². The monoisotopic (exact) mass is 297 g/mol. The van der Waals surface area contributed by atoms with E-state index in [0.29, 0.717) is 0 Å². The molecular weight excluding hydrogens is 296 g/mol. The molecule has 0 aliphatic heterocycles. The van der Waals surface area contributed by atoms with Crippen molar-refractivity contribution in [2.24, 2.45) is 0 Å². The molecule has 0 aromatic carbocycles. The lowest BCUT2D eigenvalue weighted by Crippen LogP contribution is -3.13. The zero-order valence-corrected chi connectivity index (χ0v) is 8.26. The molecule has 16 heavy (non-hydrogen) atoms. The molecule has 0 fully saturated rings. The first-order valence-corrected chi connectivity index (χ1v) is 5.79. The van der Waals surface area contributed by atoms with Gasteiger partial charge in [0.15, 0.2) is 0 Å². The number of nitrogens with one attached hydrogen (secondary N) is 1. The van der Waals surface area contributed by atoms with Crippen LogP contribution in [-0.4, -0.2) is 27.9 Å². The Morgan fingerprint density at radius 2 is 0.938 bits per heavy atom. The molecule has 0 heterocycles. The standard InChI is InChI=1S/C2HF6NO5S2/c3-1(4,5)15(11,12)9(10)16(13,14)2(6,7)8/h9H. The maximum atomic E-state index is 11.6. The van der Waals surface area contributed by atoms with Crippen LogP contribution < -0.4 is 3.87 Å². The van der Waals surface area contributed by atoms with E-state index in [1.54, 1.807) is 0 Å². The lowest BCUT2D eigenvalue weighted by Gasteiger charge is -2.21. The second kappa shape index (κ2) is 3.71. The second-order valence-corrected chi connectivity index (χ2v) is 6.09. The lowest BCUT2D eigenvalue weighted by atomic mass is 11.6. The van der Waals surface area contributed by atoms with Crippen molar-refractivity contribution in [2.45, 2.75) is 11.0 Å². The van der Waals surface area contributed by atoms with Crippen LogP contribution in [0.25, 0.3) is 0 Å². The summed E-state index contributed by atoms with van der Waals surface area (Å²) < 4.78 is 106. The minimum atomic E-state index is -7.06. The van der Waals surface area contributed by atoms with E-state index in [9.17, 15) is 48.4 Å². The Hall–Kier alpha value is -0.600. The fraction of sp³-hybridized carbons (Fsp3) is 1.00. The van der Waals surface area contributed by atoms with Gasteiger partial charge in [-0.3, -0.25) is 0 Å². The van der Waals surface area contributed by atoms with E-state index in [1.165, 1.54) is 0 Å². The number of halogens is 6. The molecule has 98 valence electrons. The molecule has 14 heteroatoms. The molecule has 0 rings (SSSR count). The molecule has 1 N–H and O–H groups in total. The summed E-state index contributed by atoms with van der Waals surface area (Å²) in [6.45, 7) is 0. The molecule has 0 aliphatic rings. The zero-order chi connectivity index (χ0) is 13.6. The van der Waals surface area contributed by atoms with Gasteiger partial charge in [0.05, 0.1) is 0 Å². The maximum absolute atomic E-state index is 11.6. The van der Waals surface area contributed by atoms with Gasteiger partial charge in [-0.05, 0) is 0 Å². The predicted octanol–water partition coefficient (Wildman–Crippen LogP) is -0.932. The van der Waals surface area contributed by atoms with Gasteiger partial charge in [0.1, 0.15) is 0 Å². The molecule has 0 bridgehead atoms. The molecule has 0 aromatic heterocycles. The van der Waals surface area contributed by atoms with Crippen LogP contribution >= 0.6 is 0 Å². The molecule has 0 spiro atoms. The SMILES string of the molecule is O=S(=O)([NH+]([O-])S(=O)(=O)C(F)(F)F)C(F)(F)F. The molecule has 0 unspecified atom stereocenters. The summed E-state index contributed by atoms with van der Waals surface area (Å²) in [5.74, 6) is 0. The van der Waals surface area contributed by atoms with E-state index >= 15 is 0 Å². The Morgan fingerprint density at radius 3 is 1.06 bits per heavy atom. The van der Waals surface area contributed by atoms with Gasteiger partial charge in [-0.1, -0.05) is 0 Å². The molecule has 0 saturated heterocycles. The first kappa shape index (κ1) is 15.4. The third-order valence-electron chi connectivity index (χ3n) is 1.05. The van der Waals surface area contributed by atoms with Crippen LogP contribution in [0.5, 0.6) is 0 Å². The van der Waals surface area contributed by atoms with Gasteiger partial charge in [0.25, 0.3) is 0 Å². The summed E-state index contributed by atoms with van der Waals surface area (Å²) in [6.07, 6.45) is 0. The van der Waals surface area contributed by atoms with Crippen molar-refractivity contribution in [3.05, 3.63) is 5.21 Å². The molecule has 0 radical (unpaired) electrons. The highest BCUT2D eigenvalue weighted by atomic mass is 32.3. The molecular formula is C2HF6NO5S2. The van der Waals surface area contributed by atoms with Crippen molar-refractivity contribution in [1.29, 1.82) is 0 Å². The van der Waals surface area contributed by atoms with Crippen molar-refractivity contribution in [2.75, 3.05) is 0 Å². The average molecular weight is 297 g/mol. The Balaban J connectivity index is 5.70. The third-order valence-corrected chi connectivity index (χ3v) is 4.46. The summed E-state index contributed by atoms with van der Waals surface area (Å²) in [4.78, 5) is 0. The number of hydrogen-bond donors (Lipinski definition) is 1. The van der Waals surface area contributed by atoms with E-state index in [-0.39, 0.29) is 0 Å². The van der Waals surface area contributed by atoms with Crippen LogP contribution in [0.2, 0.25) is 0 Å². The van der Waals surface area contributed by atoms with Gasteiger partial charge in [0.2, 0.25) is 0 Å². The Labute approximate surface area is 84.1 Å². The highest BCUT2D eigenvalue weighted by Gasteiger charge is 2.62. The van der Waals surface area contributed by atoms with E-state index in [2.05, 4.69) is 0 Å². The van der Waals surface area contributed by atoms with Crippen LogP contribution in [0.15, 0.2) is 0 Å². The van der Waals surface area contributed by atoms with Crippen molar-refractivity contribution in [3.63, 3.8) is 0 Å². The van der Waals surface area contributed by atoms with Crippen molar-refractivity contribution >= 4 is 20.0 Å². The van der Waals surface area contributed by atoms with Crippen LogP contribution in [0.1, 0.15) is 0 Å². The van der Waals surface area contributed by atoms with Crippen molar-refractivity contribution in [1.82, 2.24) is 0 Å². The summed E-state index contributed by atoms with van der Waals surface area (Å²) in [7, 11) is -14.1. The zero-order valence-electron chi connectivity index (χ0n) is 6.63. The first-order valence-electron chi connectivity index (χ1n) is 2.82. The van der Waals surface area contributed by atoms with Gasteiger partial charge < -0.3 is 5.21 Å². The maximum Gasteiger partial charge on any atom is 0.550 e. The van der Waals surface area contributed by atoms with Crippen LogP contribution in [0, 0.1) is 5.21 Å².